The fourth-order valence-electron chi connectivity index (χ4n) is 1.27. The molecule has 0 bridgehead atoms. The van der Waals surface area contributed by atoms with Crippen molar-refractivity contribution in [1.82, 2.24) is 15.1 Å². The molecule has 0 aromatic carbocycles. The summed E-state index contributed by atoms with van der Waals surface area (Å²) in [5, 5.41) is 16.0. The highest BCUT2D eigenvalue weighted by Crippen LogP contribution is 2.04. The lowest BCUT2D eigenvalue weighted by atomic mass is 10.2. The van der Waals surface area contributed by atoms with Gasteiger partial charge in [0.15, 0.2) is 0 Å². The molecular formula is C10H17N3O2. The minimum Gasteiger partial charge on any atom is -0.391 e. The third-order valence-corrected chi connectivity index (χ3v) is 2.23. The van der Waals surface area contributed by atoms with E-state index in [9.17, 15) is 9.90 Å². The van der Waals surface area contributed by atoms with Crippen molar-refractivity contribution in [2.45, 2.75) is 26.4 Å². The SMILES string of the molecule is CCC(O)CNC(=O)c1cn(C)nc1C. The first-order valence-electron chi connectivity index (χ1n) is 5.01. The maximum absolute atomic E-state index is 11.6. The van der Waals surface area contributed by atoms with Crippen LogP contribution in [0.3, 0.4) is 0 Å². The zero-order valence-electron chi connectivity index (χ0n) is 9.32. The number of carbonyl (C=O) groups is 1. The van der Waals surface area contributed by atoms with E-state index >= 15 is 0 Å². The van der Waals surface area contributed by atoms with E-state index in [4.69, 9.17) is 0 Å². The predicted molar refractivity (Wildman–Crippen MR) is 56.6 cm³/mol. The first-order valence-corrected chi connectivity index (χ1v) is 5.01. The lowest BCUT2D eigenvalue weighted by Gasteiger charge is -2.08. The summed E-state index contributed by atoms with van der Waals surface area (Å²) in [5.74, 6) is -0.187. The molecule has 1 atom stereocenters. The summed E-state index contributed by atoms with van der Waals surface area (Å²) in [5.41, 5.74) is 1.25. The summed E-state index contributed by atoms with van der Waals surface area (Å²) in [6.07, 6.45) is 1.82. The number of rotatable bonds is 4. The highest BCUT2D eigenvalue weighted by atomic mass is 16.3. The predicted octanol–water partition coefficient (Wildman–Crippen LogP) is 0.229. The fourth-order valence-corrected chi connectivity index (χ4v) is 1.27. The standard InChI is InChI=1S/C10H17N3O2/c1-4-8(14)5-11-10(15)9-6-13(3)12-7(9)2/h6,8,14H,4-5H2,1-3H3,(H,11,15). The van der Waals surface area contributed by atoms with E-state index in [1.807, 2.05) is 6.92 Å². The lowest BCUT2D eigenvalue weighted by Crippen LogP contribution is -2.31. The Morgan fingerprint density at radius 2 is 2.40 bits per heavy atom. The van der Waals surface area contributed by atoms with Crippen LogP contribution in [-0.4, -0.2) is 33.4 Å². The highest BCUT2D eigenvalue weighted by molar-refractivity contribution is 5.94. The molecule has 0 saturated carbocycles. The van der Waals surface area contributed by atoms with E-state index in [0.717, 1.165) is 0 Å². The smallest absolute Gasteiger partial charge is 0.254 e. The van der Waals surface area contributed by atoms with Crippen LogP contribution >= 0.6 is 0 Å². The average Bonchev–Trinajstić information content (AvgIpc) is 2.53. The molecule has 0 saturated heterocycles. The molecule has 0 radical (unpaired) electrons. The second-order valence-electron chi connectivity index (χ2n) is 3.57. The Hall–Kier alpha value is -1.36. The van der Waals surface area contributed by atoms with Crippen LogP contribution in [0.2, 0.25) is 0 Å². The van der Waals surface area contributed by atoms with Gasteiger partial charge in [-0.2, -0.15) is 5.10 Å². The van der Waals surface area contributed by atoms with Gasteiger partial charge in [-0.1, -0.05) is 6.92 Å². The Kier molecular flexibility index (Phi) is 3.85. The van der Waals surface area contributed by atoms with Crippen molar-refractivity contribution in [2.24, 2.45) is 7.05 Å². The topological polar surface area (TPSA) is 67.2 Å². The van der Waals surface area contributed by atoms with Crippen LogP contribution < -0.4 is 5.32 Å². The number of nitrogens with zero attached hydrogens (tertiary/aromatic N) is 2. The third kappa shape index (κ3) is 3.06. The first kappa shape index (κ1) is 11.7. The molecule has 2 N–H and O–H groups in total. The summed E-state index contributed by atoms with van der Waals surface area (Å²) in [7, 11) is 1.77. The molecule has 0 aliphatic rings. The highest BCUT2D eigenvalue weighted by Gasteiger charge is 2.12. The molecule has 0 aliphatic carbocycles. The number of hydrogen-bond acceptors (Lipinski definition) is 3. The van der Waals surface area contributed by atoms with E-state index in [-0.39, 0.29) is 12.5 Å². The van der Waals surface area contributed by atoms with Crippen LogP contribution in [0, 0.1) is 6.92 Å². The summed E-state index contributed by atoms with van der Waals surface area (Å²) in [6, 6.07) is 0. The fraction of sp³-hybridized carbons (Fsp3) is 0.600. The number of hydrogen-bond donors (Lipinski definition) is 2. The van der Waals surface area contributed by atoms with Crippen LogP contribution in [0.25, 0.3) is 0 Å². The number of nitrogens with one attached hydrogen (secondary N) is 1. The van der Waals surface area contributed by atoms with Crippen LogP contribution in [0.4, 0.5) is 0 Å². The number of aryl methyl sites for hydroxylation is 2. The third-order valence-electron chi connectivity index (χ3n) is 2.23. The second kappa shape index (κ2) is 4.93. The number of aliphatic hydroxyl groups is 1. The van der Waals surface area contributed by atoms with E-state index in [2.05, 4.69) is 10.4 Å². The quantitative estimate of drug-likeness (QED) is 0.749. The molecule has 1 aromatic rings. The Labute approximate surface area is 89.1 Å². The molecule has 0 spiro atoms. The molecule has 84 valence electrons. The van der Waals surface area contributed by atoms with Gasteiger partial charge in [0.25, 0.3) is 5.91 Å². The van der Waals surface area contributed by atoms with Gasteiger partial charge in [-0.05, 0) is 13.3 Å². The van der Waals surface area contributed by atoms with E-state index in [1.54, 1.807) is 24.9 Å². The Bertz CT molecular complexity index is 346. The molecule has 5 nitrogen and oxygen atoms in total. The van der Waals surface area contributed by atoms with Crippen molar-refractivity contribution < 1.29 is 9.90 Å². The molecule has 1 heterocycles. The van der Waals surface area contributed by atoms with Gasteiger partial charge in [-0.3, -0.25) is 9.48 Å². The largest absolute Gasteiger partial charge is 0.391 e. The van der Waals surface area contributed by atoms with Crippen LogP contribution in [0.5, 0.6) is 0 Å². The molecule has 1 amide bonds. The Morgan fingerprint density at radius 3 is 2.87 bits per heavy atom. The molecule has 1 unspecified atom stereocenters. The van der Waals surface area contributed by atoms with Gasteiger partial charge in [0.2, 0.25) is 0 Å². The van der Waals surface area contributed by atoms with E-state index in [0.29, 0.717) is 17.7 Å². The summed E-state index contributed by atoms with van der Waals surface area (Å²) in [4.78, 5) is 11.6. The Balaban J connectivity index is 2.58. The van der Waals surface area contributed by atoms with Gasteiger partial charge < -0.3 is 10.4 Å². The molecular weight excluding hydrogens is 194 g/mol. The number of amides is 1. The molecule has 1 rings (SSSR count). The zero-order valence-corrected chi connectivity index (χ0v) is 9.32. The lowest BCUT2D eigenvalue weighted by molar-refractivity contribution is 0.0913. The summed E-state index contributed by atoms with van der Waals surface area (Å²) < 4.78 is 1.60. The molecule has 0 fully saturated rings. The van der Waals surface area contributed by atoms with E-state index in [1.165, 1.54) is 0 Å². The van der Waals surface area contributed by atoms with Crippen molar-refractivity contribution in [2.75, 3.05) is 6.54 Å². The summed E-state index contributed by atoms with van der Waals surface area (Å²) in [6.45, 7) is 3.93. The van der Waals surface area contributed by atoms with Gasteiger partial charge in [0, 0.05) is 19.8 Å². The number of aliphatic hydroxyl groups excluding tert-OH is 1. The van der Waals surface area contributed by atoms with Gasteiger partial charge in [0.05, 0.1) is 17.4 Å². The van der Waals surface area contributed by atoms with Crippen LogP contribution in [-0.2, 0) is 7.05 Å². The van der Waals surface area contributed by atoms with Gasteiger partial charge >= 0.3 is 0 Å². The van der Waals surface area contributed by atoms with Crippen LogP contribution in [0.15, 0.2) is 6.20 Å². The van der Waals surface area contributed by atoms with Gasteiger partial charge in [-0.15, -0.1) is 0 Å². The normalized spacial score (nSPS) is 12.5. The van der Waals surface area contributed by atoms with Crippen molar-refractivity contribution in [3.05, 3.63) is 17.5 Å². The first-order chi connectivity index (χ1) is 7.04. The van der Waals surface area contributed by atoms with Crippen molar-refractivity contribution in [3.63, 3.8) is 0 Å². The Morgan fingerprint density at radius 1 is 1.73 bits per heavy atom. The molecule has 0 aliphatic heterocycles. The number of aromatic nitrogens is 2. The van der Waals surface area contributed by atoms with Crippen molar-refractivity contribution >= 4 is 5.91 Å². The molecule has 15 heavy (non-hydrogen) atoms. The maximum Gasteiger partial charge on any atom is 0.254 e. The van der Waals surface area contributed by atoms with Crippen molar-refractivity contribution in [3.8, 4) is 0 Å². The van der Waals surface area contributed by atoms with Crippen molar-refractivity contribution in [1.29, 1.82) is 0 Å². The minimum absolute atomic E-state index is 0.187. The molecule has 1 aromatic heterocycles. The van der Waals surface area contributed by atoms with Gasteiger partial charge in [0.1, 0.15) is 0 Å². The summed E-state index contributed by atoms with van der Waals surface area (Å²) >= 11 is 0. The number of carbonyl (C=O) groups excluding carboxylic acids is 1. The average molecular weight is 211 g/mol. The molecule has 5 heteroatoms. The minimum atomic E-state index is -0.481. The second-order valence-corrected chi connectivity index (χ2v) is 3.57. The monoisotopic (exact) mass is 211 g/mol. The zero-order chi connectivity index (χ0) is 11.4. The van der Waals surface area contributed by atoms with Crippen LogP contribution in [0.1, 0.15) is 29.4 Å². The maximum atomic E-state index is 11.6. The van der Waals surface area contributed by atoms with E-state index < -0.39 is 6.10 Å². The van der Waals surface area contributed by atoms with Gasteiger partial charge in [-0.25, -0.2) is 0 Å².